The summed E-state index contributed by atoms with van der Waals surface area (Å²) in [6.07, 6.45) is 0. The SMILES string of the molecule is COC(C)(C)P(=O)(c1ccccc1)c1ccccc1. The summed E-state index contributed by atoms with van der Waals surface area (Å²) in [5.74, 6) is 0. The summed E-state index contributed by atoms with van der Waals surface area (Å²) in [5.41, 5.74) is 0. The summed E-state index contributed by atoms with van der Waals surface area (Å²) in [4.78, 5) is 0. The minimum Gasteiger partial charge on any atom is -0.370 e. The molecule has 2 aromatic carbocycles. The molecule has 0 aliphatic heterocycles. The van der Waals surface area contributed by atoms with E-state index in [0.29, 0.717) is 0 Å². The van der Waals surface area contributed by atoms with Crippen LogP contribution >= 0.6 is 7.14 Å². The molecule has 0 spiro atoms. The molecule has 0 fully saturated rings. The van der Waals surface area contributed by atoms with E-state index in [-0.39, 0.29) is 0 Å². The largest absolute Gasteiger partial charge is 0.370 e. The Bertz CT molecular complexity index is 533. The van der Waals surface area contributed by atoms with Gasteiger partial charge in [-0.15, -0.1) is 0 Å². The molecular formula is C16H19O2P. The van der Waals surface area contributed by atoms with Gasteiger partial charge in [0.2, 0.25) is 0 Å². The van der Waals surface area contributed by atoms with Gasteiger partial charge in [0, 0.05) is 17.7 Å². The molecule has 0 unspecified atom stereocenters. The second-order valence-corrected chi connectivity index (χ2v) is 8.26. The van der Waals surface area contributed by atoms with Gasteiger partial charge in [-0.25, -0.2) is 0 Å². The summed E-state index contributed by atoms with van der Waals surface area (Å²) in [6.45, 7) is 3.77. The lowest BCUT2D eigenvalue weighted by Gasteiger charge is -2.34. The van der Waals surface area contributed by atoms with Crippen LogP contribution in [0.2, 0.25) is 0 Å². The highest BCUT2D eigenvalue weighted by molar-refractivity contribution is 7.79. The molecule has 0 N–H and O–H groups in total. The number of rotatable bonds is 4. The summed E-state index contributed by atoms with van der Waals surface area (Å²) < 4.78 is 19.3. The number of hydrogen-bond acceptors (Lipinski definition) is 2. The fraction of sp³-hybridized carbons (Fsp3) is 0.250. The van der Waals surface area contributed by atoms with Crippen LogP contribution in [0.5, 0.6) is 0 Å². The molecule has 0 aromatic heterocycles. The van der Waals surface area contributed by atoms with Crippen molar-refractivity contribution in [1.82, 2.24) is 0 Å². The molecular weight excluding hydrogens is 255 g/mol. The lowest BCUT2D eigenvalue weighted by Crippen LogP contribution is -2.34. The van der Waals surface area contributed by atoms with Crippen molar-refractivity contribution in [2.24, 2.45) is 0 Å². The Morgan fingerprint density at radius 1 is 0.842 bits per heavy atom. The molecule has 0 aliphatic rings. The average Bonchev–Trinajstić information content (AvgIpc) is 2.48. The van der Waals surface area contributed by atoms with Crippen molar-refractivity contribution >= 4 is 17.8 Å². The van der Waals surface area contributed by atoms with Crippen molar-refractivity contribution in [2.45, 2.75) is 19.2 Å². The lowest BCUT2D eigenvalue weighted by atomic mass is 10.4. The van der Waals surface area contributed by atoms with Gasteiger partial charge in [0.25, 0.3) is 0 Å². The zero-order valence-electron chi connectivity index (χ0n) is 11.5. The third-order valence-corrected chi connectivity index (χ3v) is 7.25. The first-order valence-corrected chi connectivity index (χ1v) is 7.99. The third-order valence-electron chi connectivity index (χ3n) is 3.50. The van der Waals surface area contributed by atoms with Gasteiger partial charge in [-0.3, -0.25) is 0 Å². The van der Waals surface area contributed by atoms with Crippen molar-refractivity contribution in [3.63, 3.8) is 0 Å². The predicted molar refractivity (Wildman–Crippen MR) is 80.8 cm³/mol. The first-order chi connectivity index (χ1) is 9.02. The Kier molecular flexibility index (Phi) is 3.93. The highest BCUT2D eigenvalue weighted by Crippen LogP contribution is 2.55. The lowest BCUT2D eigenvalue weighted by molar-refractivity contribution is 0.0938. The van der Waals surface area contributed by atoms with Crippen LogP contribution in [0, 0.1) is 0 Å². The van der Waals surface area contributed by atoms with Gasteiger partial charge >= 0.3 is 0 Å². The van der Waals surface area contributed by atoms with Gasteiger partial charge in [-0.2, -0.15) is 0 Å². The van der Waals surface area contributed by atoms with Crippen molar-refractivity contribution in [3.05, 3.63) is 60.7 Å². The number of methoxy groups -OCH3 is 1. The van der Waals surface area contributed by atoms with Gasteiger partial charge in [-0.1, -0.05) is 60.7 Å². The third kappa shape index (κ3) is 2.39. The molecule has 100 valence electrons. The zero-order chi connectivity index (χ0) is 13.9. The molecule has 2 aromatic rings. The van der Waals surface area contributed by atoms with E-state index in [1.807, 2.05) is 74.5 Å². The second-order valence-electron chi connectivity index (χ2n) is 4.93. The van der Waals surface area contributed by atoms with E-state index in [4.69, 9.17) is 4.74 Å². The maximum atomic E-state index is 13.7. The molecule has 0 amide bonds. The van der Waals surface area contributed by atoms with Crippen molar-refractivity contribution in [3.8, 4) is 0 Å². The molecule has 3 heteroatoms. The monoisotopic (exact) mass is 274 g/mol. The Morgan fingerprint density at radius 2 is 1.21 bits per heavy atom. The van der Waals surface area contributed by atoms with E-state index < -0.39 is 12.5 Å². The van der Waals surface area contributed by atoms with Crippen molar-refractivity contribution < 1.29 is 9.30 Å². The fourth-order valence-corrected chi connectivity index (χ4v) is 5.16. The first-order valence-electron chi connectivity index (χ1n) is 6.29. The van der Waals surface area contributed by atoms with E-state index in [1.54, 1.807) is 7.11 Å². The molecule has 0 aliphatic carbocycles. The van der Waals surface area contributed by atoms with Crippen molar-refractivity contribution in [2.75, 3.05) is 7.11 Å². The smallest absolute Gasteiger partial charge is 0.172 e. The molecule has 0 atom stereocenters. The predicted octanol–water partition coefficient (Wildman–Crippen LogP) is 3.38. The Balaban J connectivity index is 2.69. The van der Waals surface area contributed by atoms with Gasteiger partial charge in [-0.05, 0) is 13.8 Å². The number of ether oxygens (including phenoxy) is 1. The standard InChI is InChI=1S/C16H19O2P/c1-16(2,18-3)19(17,14-10-6-4-7-11-14)15-12-8-5-9-13-15/h4-13H,1-3H3. The summed E-state index contributed by atoms with van der Waals surface area (Å²) in [7, 11) is -1.24. The minimum atomic E-state index is -2.85. The van der Waals surface area contributed by atoms with Crippen LogP contribution in [-0.2, 0) is 9.30 Å². The fourth-order valence-electron chi connectivity index (χ4n) is 2.18. The maximum Gasteiger partial charge on any atom is 0.172 e. The Labute approximate surface area is 114 Å². The molecule has 0 radical (unpaired) electrons. The molecule has 0 bridgehead atoms. The molecule has 0 saturated heterocycles. The summed E-state index contributed by atoms with van der Waals surface area (Å²) in [6, 6.07) is 19.2. The van der Waals surface area contributed by atoms with Crippen LogP contribution in [0.1, 0.15) is 13.8 Å². The molecule has 2 rings (SSSR count). The zero-order valence-corrected chi connectivity index (χ0v) is 12.4. The average molecular weight is 274 g/mol. The van der Waals surface area contributed by atoms with Gasteiger partial charge < -0.3 is 9.30 Å². The Morgan fingerprint density at radius 3 is 1.53 bits per heavy atom. The minimum absolute atomic E-state index is 0.740. The topological polar surface area (TPSA) is 26.3 Å². The van der Waals surface area contributed by atoms with Gasteiger partial charge in [0.05, 0.1) is 0 Å². The molecule has 19 heavy (non-hydrogen) atoms. The Hall–Kier alpha value is -1.37. The molecule has 0 heterocycles. The van der Waals surface area contributed by atoms with Gasteiger partial charge in [0.1, 0.15) is 5.34 Å². The molecule has 0 saturated carbocycles. The van der Waals surface area contributed by atoms with Crippen LogP contribution in [0.15, 0.2) is 60.7 Å². The molecule has 2 nitrogen and oxygen atoms in total. The quantitative estimate of drug-likeness (QED) is 0.799. The maximum absolute atomic E-state index is 13.7. The van der Waals surface area contributed by atoms with Crippen LogP contribution in [-0.4, -0.2) is 12.5 Å². The van der Waals surface area contributed by atoms with E-state index >= 15 is 0 Å². The number of benzene rings is 2. The van der Waals surface area contributed by atoms with Crippen LogP contribution in [0.3, 0.4) is 0 Å². The summed E-state index contributed by atoms with van der Waals surface area (Å²) in [5, 5.41) is 0.913. The second kappa shape index (κ2) is 5.32. The van der Waals surface area contributed by atoms with Crippen LogP contribution in [0.25, 0.3) is 0 Å². The van der Waals surface area contributed by atoms with E-state index in [0.717, 1.165) is 10.6 Å². The van der Waals surface area contributed by atoms with Gasteiger partial charge in [0.15, 0.2) is 7.14 Å². The number of hydrogen-bond donors (Lipinski definition) is 0. The normalized spacial score (nSPS) is 12.4. The summed E-state index contributed by atoms with van der Waals surface area (Å²) >= 11 is 0. The van der Waals surface area contributed by atoms with E-state index in [1.165, 1.54) is 0 Å². The van der Waals surface area contributed by atoms with Crippen LogP contribution in [0.4, 0.5) is 0 Å². The highest BCUT2D eigenvalue weighted by atomic mass is 31.2. The van der Waals surface area contributed by atoms with E-state index in [9.17, 15) is 4.57 Å². The van der Waals surface area contributed by atoms with Crippen LogP contribution < -0.4 is 10.6 Å². The highest BCUT2D eigenvalue weighted by Gasteiger charge is 2.43. The van der Waals surface area contributed by atoms with Crippen molar-refractivity contribution in [1.29, 1.82) is 0 Å². The van der Waals surface area contributed by atoms with E-state index in [2.05, 4.69) is 0 Å². The first kappa shape index (κ1) is 14.0.